The van der Waals surface area contributed by atoms with Crippen LogP contribution in [0.3, 0.4) is 0 Å². The van der Waals surface area contributed by atoms with Crippen molar-refractivity contribution in [2.45, 2.75) is 59.2 Å². The molecule has 0 spiro atoms. The van der Waals surface area contributed by atoms with Crippen LogP contribution in [0.1, 0.15) is 57.1 Å². The molecule has 0 unspecified atom stereocenters. The summed E-state index contributed by atoms with van der Waals surface area (Å²) in [4.78, 5) is 23.6. The van der Waals surface area contributed by atoms with Gasteiger partial charge in [0.15, 0.2) is 5.92 Å². The zero-order valence-electron chi connectivity index (χ0n) is 21.7. The Kier molecular flexibility index (Phi) is 19.8. The lowest BCUT2D eigenvalue weighted by molar-refractivity contribution is -0.162. The second-order valence-electron chi connectivity index (χ2n) is 8.02. The van der Waals surface area contributed by atoms with Gasteiger partial charge in [-0.15, -0.1) is 0 Å². The summed E-state index contributed by atoms with van der Waals surface area (Å²) in [5.41, 5.74) is 2.39. The fourth-order valence-electron chi connectivity index (χ4n) is 3.20. The number of halogens is 1. The van der Waals surface area contributed by atoms with Gasteiger partial charge in [0, 0.05) is 13.2 Å². The third-order valence-electron chi connectivity index (χ3n) is 5.07. The summed E-state index contributed by atoms with van der Waals surface area (Å²) in [6.45, 7) is 6.76. The molecule has 0 bridgehead atoms. The molecule has 0 saturated heterocycles. The Balaban J connectivity index is 0.000000420. The number of esters is 2. The quantitative estimate of drug-likeness (QED) is 0.0665. The van der Waals surface area contributed by atoms with Crippen LogP contribution >= 0.6 is 22.6 Å². The Hall–Kier alpha value is -1.97. The van der Waals surface area contributed by atoms with E-state index in [0.29, 0.717) is 26.1 Å². The molecular weight excluding hydrogens is 571 g/mol. The molecule has 2 aromatic rings. The maximum Gasteiger partial charge on any atom is 0.320 e. The highest BCUT2D eigenvalue weighted by Gasteiger charge is 2.28. The summed E-state index contributed by atoms with van der Waals surface area (Å²) in [7, 11) is 0. The Morgan fingerprint density at radius 2 is 1.14 bits per heavy atom. The fourth-order valence-corrected chi connectivity index (χ4v) is 3.74. The molecule has 6 nitrogen and oxygen atoms in total. The van der Waals surface area contributed by atoms with Crippen molar-refractivity contribution in [3.05, 3.63) is 71.8 Å². The first-order valence-electron chi connectivity index (χ1n) is 12.7. The Morgan fingerprint density at radius 1 is 0.694 bits per heavy atom. The van der Waals surface area contributed by atoms with Crippen molar-refractivity contribution in [3.63, 3.8) is 0 Å². The lowest BCUT2D eigenvalue weighted by atomic mass is 10.0. The van der Waals surface area contributed by atoms with Gasteiger partial charge in [0.25, 0.3) is 0 Å². The number of benzene rings is 2. The molecule has 0 N–H and O–H groups in total. The van der Waals surface area contributed by atoms with Crippen LogP contribution in [0.15, 0.2) is 60.7 Å². The van der Waals surface area contributed by atoms with Crippen LogP contribution in [0.4, 0.5) is 0 Å². The molecule has 0 aliphatic rings. The maximum atomic E-state index is 11.8. The maximum absolute atomic E-state index is 11.8. The van der Waals surface area contributed by atoms with Gasteiger partial charge in [0.1, 0.15) is 0 Å². The van der Waals surface area contributed by atoms with Crippen LogP contribution in [0.25, 0.3) is 0 Å². The Morgan fingerprint density at radius 3 is 1.56 bits per heavy atom. The standard InChI is InChI=1S/C18H26O5.C11H15IO/c1-3-22-17(19)16(18(20)23-4-2)12-8-9-13-21-14-15-10-6-5-7-11-15;12-8-4-5-9-13-10-11-6-2-1-3-7-11/h5-7,10-11,16H,3-4,8-9,12-14H2,1-2H3;1-3,6-7H,4-5,8-10H2. The van der Waals surface area contributed by atoms with Crippen LogP contribution in [-0.2, 0) is 41.8 Å². The first kappa shape index (κ1) is 32.1. The third kappa shape index (κ3) is 15.9. The van der Waals surface area contributed by atoms with Crippen molar-refractivity contribution < 1.29 is 28.5 Å². The molecular formula is C29H41IO6. The van der Waals surface area contributed by atoms with E-state index < -0.39 is 17.9 Å². The lowest BCUT2D eigenvalue weighted by Gasteiger charge is -2.14. The summed E-state index contributed by atoms with van der Waals surface area (Å²) in [5, 5.41) is 0. The minimum absolute atomic E-state index is 0.259. The number of ether oxygens (including phenoxy) is 4. The van der Waals surface area contributed by atoms with Gasteiger partial charge in [-0.1, -0.05) is 83.3 Å². The molecule has 0 fully saturated rings. The lowest BCUT2D eigenvalue weighted by Crippen LogP contribution is -2.28. The van der Waals surface area contributed by atoms with Gasteiger partial charge in [0.2, 0.25) is 0 Å². The highest BCUT2D eigenvalue weighted by atomic mass is 127. The zero-order valence-corrected chi connectivity index (χ0v) is 23.8. The number of hydrogen-bond donors (Lipinski definition) is 0. The van der Waals surface area contributed by atoms with E-state index in [9.17, 15) is 9.59 Å². The minimum atomic E-state index is -0.830. The van der Waals surface area contributed by atoms with Crippen LogP contribution < -0.4 is 0 Å². The predicted molar refractivity (Wildman–Crippen MR) is 151 cm³/mol. The van der Waals surface area contributed by atoms with E-state index in [1.54, 1.807) is 13.8 Å². The number of carbonyl (C=O) groups excluding carboxylic acids is 2. The van der Waals surface area contributed by atoms with Gasteiger partial charge in [-0.2, -0.15) is 0 Å². The molecule has 2 rings (SSSR count). The van der Waals surface area contributed by atoms with Crippen molar-refractivity contribution in [1.29, 1.82) is 0 Å². The number of alkyl halides is 1. The number of unbranched alkanes of at least 4 members (excludes halogenated alkanes) is 2. The summed E-state index contributed by atoms with van der Waals surface area (Å²) in [6.07, 6.45) is 4.34. The summed E-state index contributed by atoms with van der Waals surface area (Å²) in [6, 6.07) is 20.2. The summed E-state index contributed by atoms with van der Waals surface area (Å²) < 4.78 is 22.2. The normalized spacial score (nSPS) is 10.4. The van der Waals surface area contributed by atoms with Crippen LogP contribution in [0.2, 0.25) is 0 Å². The average Bonchev–Trinajstić information content (AvgIpc) is 2.90. The van der Waals surface area contributed by atoms with E-state index in [1.165, 1.54) is 22.8 Å². The zero-order chi connectivity index (χ0) is 26.3. The molecule has 7 heteroatoms. The SMILES string of the molecule is CCOC(=O)C(CCCCOCc1ccccc1)C(=O)OCC.ICCCCOCc1ccccc1. The van der Waals surface area contributed by atoms with Gasteiger partial charge < -0.3 is 18.9 Å². The van der Waals surface area contributed by atoms with Crippen LogP contribution in [-0.4, -0.2) is 42.8 Å². The van der Waals surface area contributed by atoms with E-state index in [0.717, 1.165) is 25.2 Å². The molecule has 0 aliphatic carbocycles. The van der Waals surface area contributed by atoms with Crippen LogP contribution in [0.5, 0.6) is 0 Å². The van der Waals surface area contributed by atoms with Crippen molar-refractivity contribution >= 4 is 34.5 Å². The molecule has 0 aliphatic heterocycles. The fraction of sp³-hybridized carbons (Fsp3) is 0.517. The molecule has 36 heavy (non-hydrogen) atoms. The Labute approximate surface area is 230 Å². The van der Waals surface area contributed by atoms with Crippen LogP contribution in [0, 0.1) is 5.92 Å². The summed E-state index contributed by atoms with van der Waals surface area (Å²) >= 11 is 2.40. The highest BCUT2D eigenvalue weighted by Crippen LogP contribution is 2.14. The van der Waals surface area contributed by atoms with E-state index in [2.05, 4.69) is 34.7 Å². The second kappa shape index (κ2) is 22.2. The molecule has 200 valence electrons. The first-order chi connectivity index (χ1) is 17.6. The summed E-state index contributed by atoms with van der Waals surface area (Å²) in [5.74, 6) is -1.84. The van der Waals surface area contributed by atoms with E-state index in [1.807, 2.05) is 48.5 Å². The van der Waals surface area contributed by atoms with Gasteiger partial charge in [-0.3, -0.25) is 9.59 Å². The van der Waals surface area contributed by atoms with E-state index >= 15 is 0 Å². The average molecular weight is 613 g/mol. The number of hydrogen-bond acceptors (Lipinski definition) is 6. The topological polar surface area (TPSA) is 71.1 Å². The minimum Gasteiger partial charge on any atom is -0.465 e. The largest absolute Gasteiger partial charge is 0.465 e. The molecule has 0 heterocycles. The second-order valence-corrected chi connectivity index (χ2v) is 9.10. The number of carbonyl (C=O) groups is 2. The van der Waals surface area contributed by atoms with Gasteiger partial charge in [-0.05, 0) is 61.5 Å². The highest BCUT2D eigenvalue weighted by molar-refractivity contribution is 14.1. The van der Waals surface area contributed by atoms with Crippen molar-refractivity contribution in [2.75, 3.05) is 30.9 Å². The molecule has 0 aromatic heterocycles. The first-order valence-corrected chi connectivity index (χ1v) is 14.3. The van der Waals surface area contributed by atoms with Crippen molar-refractivity contribution in [3.8, 4) is 0 Å². The Bertz CT molecular complexity index is 782. The van der Waals surface area contributed by atoms with Gasteiger partial charge in [-0.25, -0.2) is 0 Å². The van der Waals surface area contributed by atoms with Crippen molar-refractivity contribution in [1.82, 2.24) is 0 Å². The number of rotatable bonds is 17. The van der Waals surface area contributed by atoms with E-state index in [4.69, 9.17) is 18.9 Å². The molecule has 0 amide bonds. The smallest absolute Gasteiger partial charge is 0.320 e. The molecule has 0 atom stereocenters. The van der Waals surface area contributed by atoms with Gasteiger partial charge >= 0.3 is 11.9 Å². The predicted octanol–water partition coefficient (Wildman–Crippen LogP) is 6.53. The van der Waals surface area contributed by atoms with E-state index in [-0.39, 0.29) is 13.2 Å². The molecule has 0 saturated carbocycles. The molecule has 2 aromatic carbocycles. The third-order valence-corrected chi connectivity index (χ3v) is 5.83. The molecule has 0 radical (unpaired) electrons. The van der Waals surface area contributed by atoms with Crippen molar-refractivity contribution in [2.24, 2.45) is 5.92 Å². The monoisotopic (exact) mass is 612 g/mol. The van der Waals surface area contributed by atoms with Gasteiger partial charge in [0.05, 0.1) is 26.4 Å².